The van der Waals surface area contributed by atoms with Gasteiger partial charge < -0.3 is 15.0 Å². The van der Waals surface area contributed by atoms with Crippen molar-refractivity contribution in [3.05, 3.63) is 52.6 Å². The Morgan fingerprint density at radius 1 is 1.53 bits per heavy atom. The lowest BCUT2D eigenvalue weighted by atomic mass is 10.2. The Hall–Kier alpha value is -2.01. The van der Waals surface area contributed by atoms with Crippen LogP contribution < -0.4 is 5.73 Å². The Balaban J connectivity index is 2.09. The summed E-state index contributed by atoms with van der Waals surface area (Å²) in [7, 11) is 1.68. The van der Waals surface area contributed by atoms with Gasteiger partial charge in [0.2, 0.25) is 0 Å². The van der Waals surface area contributed by atoms with Crippen LogP contribution in [0.25, 0.3) is 0 Å². The molecule has 2 N–H and O–H groups in total. The maximum absolute atomic E-state index is 13.2. The zero-order valence-corrected chi connectivity index (χ0v) is 10.9. The molecule has 0 saturated carbocycles. The fourth-order valence-electron chi connectivity index (χ4n) is 1.67. The molecule has 1 aromatic heterocycles. The Labute approximate surface area is 114 Å². The highest BCUT2D eigenvalue weighted by molar-refractivity contribution is 6.31. The summed E-state index contributed by atoms with van der Waals surface area (Å²) < 4.78 is 19.8. The lowest BCUT2D eigenvalue weighted by Gasteiger charge is -2.07. The van der Waals surface area contributed by atoms with Crippen molar-refractivity contribution in [2.24, 2.45) is 7.05 Å². The second-order valence-electron chi connectivity index (χ2n) is 4.06. The van der Waals surface area contributed by atoms with Crippen LogP contribution in [0.1, 0.15) is 16.1 Å². The van der Waals surface area contributed by atoms with E-state index in [1.807, 2.05) is 0 Å². The van der Waals surface area contributed by atoms with Gasteiger partial charge in [-0.15, -0.1) is 0 Å². The van der Waals surface area contributed by atoms with Gasteiger partial charge in [0.25, 0.3) is 0 Å². The zero-order valence-electron chi connectivity index (χ0n) is 10.2. The number of aryl methyl sites for hydroxylation is 1. The van der Waals surface area contributed by atoms with Crippen LogP contribution >= 0.6 is 11.6 Å². The third-order valence-electron chi connectivity index (χ3n) is 2.63. The minimum absolute atomic E-state index is 0.0401. The van der Waals surface area contributed by atoms with Crippen molar-refractivity contribution in [1.29, 1.82) is 0 Å². The molecule has 2 rings (SSSR count). The van der Waals surface area contributed by atoms with Gasteiger partial charge in [0.1, 0.15) is 18.1 Å². The van der Waals surface area contributed by atoms with Crippen LogP contribution in [0.3, 0.4) is 0 Å². The number of nitrogen functional groups attached to an aromatic ring is 1. The molecule has 0 spiro atoms. The number of esters is 1. The molecule has 0 amide bonds. The lowest BCUT2D eigenvalue weighted by molar-refractivity contribution is 0.0461. The van der Waals surface area contributed by atoms with E-state index in [1.54, 1.807) is 23.9 Å². The number of hydrogen-bond acceptors (Lipinski definition) is 3. The molecule has 6 heteroatoms. The van der Waals surface area contributed by atoms with E-state index in [0.29, 0.717) is 16.9 Å². The third-order valence-corrected chi connectivity index (χ3v) is 3.05. The van der Waals surface area contributed by atoms with Gasteiger partial charge in [0.05, 0.1) is 10.7 Å². The van der Waals surface area contributed by atoms with Crippen molar-refractivity contribution in [3.8, 4) is 0 Å². The molecule has 100 valence electrons. The Morgan fingerprint density at radius 3 is 2.89 bits per heavy atom. The highest BCUT2D eigenvalue weighted by Gasteiger charge is 2.14. The molecule has 0 unspecified atom stereocenters. The largest absolute Gasteiger partial charge is 0.456 e. The second-order valence-corrected chi connectivity index (χ2v) is 4.44. The maximum Gasteiger partial charge on any atom is 0.355 e. The minimum atomic E-state index is -0.543. The minimum Gasteiger partial charge on any atom is -0.456 e. The summed E-state index contributed by atoms with van der Waals surface area (Å²) >= 11 is 5.77. The van der Waals surface area contributed by atoms with Gasteiger partial charge in [0.15, 0.2) is 0 Å². The molecule has 0 aliphatic heterocycles. The van der Waals surface area contributed by atoms with Gasteiger partial charge >= 0.3 is 5.97 Å². The van der Waals surface area contributed by atoms with E-state index in [-0.39, 0.29) is 11.6 Å². The number of carbonyl (C=O) groups is 1. The molecular formula is C13H12ClFN2O2. The van der Waals surface area contributed by atoms with E-state index in [1.165, 1.54) is 18.2 Å². The maximum atomic E-state index is 13.2. The zero-order chi connectivity index (χ0) is 14.0. The van der Waals surface area contributed by atoms with Crippen molar-refractivity contribution >= 4 is 23.3 Å². The summed E-state index contributed by atoms with van der Waals surface area (Å²) in [6.07, 6.45) is 1.60. The van der Waals surface area contributed by atoms with Gasteiger partial charge in [-0.3, -0.25) is 0 Å². The van der Waals surface area contributed by atoms with E-state index >= 15 is 0 Å². The number of benzene rings is 1. The Bertz CT molecular complexity index is 625. The topological polar surface area (TPSA) is 57.2 Å². The van der Waals surface area contributed by atoms with Crippen LogP contribution in [0, 0.1) is 5.82 Å². The molecule has 0 atom stereocenters. The number of nitrogens with two attached hydrogens (primary N) is 1. The molecular weight excluding hydrogens is 271 g/mol. The average molecular weight is 283 g/mol. The number of carbonyl (C=O) groups excluding carboxylic acids is 1. The molecule has 0 saturated heterocycles. The quantitative estimate of drug-likeness (QED) is 0.881. The van der Waals surface area contributed by atoms with Gasteiger partial charge in [-0.25, -0.2) is 9.18 Å². The standard InChI is InChI=1S/C13H12ClFN2O2/c1-17-6-9(16)5-11(17)13(18)19-7-8-3-2-4-10(15)12(8)14/h2-6H,7,16H2,1H3. The highest BCUT2D eigenvalue weighted by Crippen LogP contribution is 2.21. The lowest BCUT2D eigenvalue weighted by Crippen LogP contribution is -2.09. The smallest absolute Gasteiger partial charge is 0.355 e. The summed E-state index contributed by atoms with van der Waals surface area (Å²) in [5, 5.41) is -0.0401. The molecule has 0 aliphatic rings. The number of halogens is 2. The summed E-state index contributed by atoms with van der Waals surface area (Å²) in [6, 6.07) is 5.85. The van der Waals surface area contributed by atoms with E-state index in [4.69, 9.17) is 22.1 Å². The summed E-state index contributed by atoms with van der Waals surface area (Å²) in [6.45, 7) is -0.0967. The van der Waals surface area contributed by atoms with Gasteiger partial charge in [-0.05, 0) is 12.1 Å². The Kier molecular flexibility index (Phi) is 3.76. The summed E-state index contributed by atoms with van der Waals surface area (Å²) in [5.41, 5.74) is 6.78. The molecule has 0 aliphatic carbocycles. The predicted octanol–water partition coefficient (Wildman–Crippen LogP) is 2.76. The third kappa shape index (κ3) is 2.88. The van der Waals surface area contributed by atoms with E-state index in [0.717, 1.165) is 0 Å². The number of rotatable bonds is 3. The van der Waals surface area contributed by atoms with Crippen LogP contribution in [0.15, 0.2) is 30.5 Å². The van der Waals surface area contributed by atoms with Crippen LogP contribution in [0.5, 0.6) is 0 Å². The first-order chi connectivity index (χ1) is 8.99. The number of ether oxygens (including phenoxy) is 1. The van der Waals surface area contributed by atoms with Crippen LogP contribution in [-0.2, 0) is 18.4 Å². The van der Waals surface area contributed by atoms with Crippen molar-refractivity contribution in [2.75, 3.05) is 5.73 Å². The molecule has 0 radical (unpaired) electrons. The molecule has 1 heterocycles. The van der Waals surface area contributed by atoms with Gasteiger partial charge in [-0.2, -0.15) is 0 Å². The van der Waals surface area contributed by atoms with E-state index < -0.39 is 11.8 Å². The normalized spacial score (nSPS) is 10.5. The van der Waals surface area contributed by atoms with Crippen molar-refractivity contribution in [2.45, 2.75) is 6.61 Å². The number of aromatic nitrogens is 1. The number of hydrogen-bond donors (Lipinski definition) is 1. The number of anilines is 1. The van der Waals surface area contributed by atoms with Crippen LogP contribution in [-0.4, -0.2) is 10.5 Å². The van der Waals surface area contributed by atoms with Gasteiger partial charge in [-0.1, -0.05) is 23.7 Å². The van der Waals surface area contributed by atoms with Crippen molar-refractivity contribution < 1.29 is 13.9 Å². The van der Waals surface area contributed by atoms with E-state index in [2.05, 4.69) is 0 Å². The first kappa shape index (κ1) is 13.4. The summed E-state index contributed by atoms with van der Waals surface area (Å²) in [4.78, 5) is 11.8. The van der Waals surface area contributed by atoms with E-state index in [9.17, 15) is 9.18 Å². The molecule has 0 bridgehead atoms. The fraction of sp³-hybridized carbons (Fsp3) is 0.154. The second kappa shape index (κ2) is 5.32. The molecule has 2 aromatic rings. The van der Waals surface area contributed by atoms with Crippen LogP contribution in [0.4, 0.5) is 10.1 Å². The molecule has 19 heavy (non-hydrogen) atoms. The average Bonchev–Trinajstić information content (AvgIpc) is 2.70. The molecule has 1 aromatic carbocycles. The summed E-state index contributed by atoms with van der Waals surface area (Å²) in [5.74, 6) is -1.09. The van der Waals surface area contributed by atoms with Crippen molar-refractivity contribution in [3.63, 3.8) is 0 Å². The monoisotopic (exact) mass is 282 g/mol. The van der Waals surface area contributed by atoms with Gasteiger partial charge in [0, 0.05) is 18.8 Å². The number of nitrogens with zero attached hydrogens (tertiary/aromatic N) is 1. The van der Waals surface area contributed by atoms with Crippen LogP contribution in [0.2, 0.25) is 5.02 Å². The highest BCUT2D eigenvalue weighted by atomic mass is 35.5. The first-order valence-corrected chi connectivity index (χ1v) is 5.88. The molecule has 4 nitrogen and oxygen atoms in total. The fourth-order valence-corrected chi connectivity index (χ4v) is 1.85. The SMILES string of the molecule is Cn1cc(N)cc1C(=O)OCc1cccc(F)c1Cl. The Morgan fingerprint density at radius 2 is 2.26 bits per heavy atom. The molecule has 0 fully saturated rings. The predicted molar refractivity (Wildman–Crippen MR) is 70.4 cm³/mol. The first-order valence-electron chi connectivity index (χ1n) is 5.51. The van der Waals surface area contributed by atoms with Crippen molar-refractivity contribution in [1.82, 2.24) is 4.57 Å².